The van der Waals surface area contributed by atoms with Crippen LogP contribution in [0.5, 0.6) is 0 Å². The Balaban J connectivity index is 2.45. The summed E-state index contributed by atoms with van der Waals surface area (Å²) in [6, 6.07) is -1.99. The molecule has 2 unspecified atom stereocenters. The third-order valence-corrected chi connectivity index (χ3v) is 3.16. The molecule has 0 saturated heterocycles. The number of hydrogen-bond donors (Lipinski definition) is 4. The number of carbonyl (C=O) groups excluding carboxylic acids is 1. The Labute approximate surface area is 105 Å². The van der Waals surface area contributed by atoms with Crippen molar-refractivity contribution in [3.05, 3.63) is 0 Å². The van der Waals surface area contributed by atoms with Crippen LogP contribution in [-0.2, 0) is 9.59 Å². The van der Waals surface area contributed by atoms with Gasteiger partial charge in [0.05, 0.1) is 6.42 Å². The number of carboxylic acid groups (broad SMARTS) is 2. The second kappa shape index (κ2) is 6.23. The number of carboxylic acids is 2. The van der Waals surface area contributed by atoms with E-state index in [1.165, 1.54) is 0 Å². The van der Waals surface area contributed by atoms with Crippen LogP contribution in [0.15, 0.2) is 0 Å². The molecule has 0 aliphatic heterocycles. The van der Waals surface area contributed by atoms with E-state index in [0.29, 0.717) is 5.92 Å². The van der Waals surface area contributed by atoms with E-state index in [9.17, 15) is 14.4 Å². The Morgan fingerprint density at radius 1 is 1.28 bits per heavy atom. The van der Waals surface area contributed by atoms with Gasteiger partial charge in [0.15, 0.2) is 0 Å². The van der Waals surface area contributed by atoms with Gasteiger partial charge >= 0.3 is 18.0 Å². The van der Waals surface area contributed by atoms with Crippen LogP contribution in [0.3, 0.4) is 0 Å². The van der Waals surface area contributed by atoms with E-state index in [0.717, 1.165) is 19.3 Å². The van der Waals surface area contributed by atoms with Gasteiger partial charge in [-0.25, -0.2) is 9.59 Å². The first-order valence-corrected chi connectivity index (χ1v) is 5.91. The molecule has 0 spiro atoms. The van der Waals surface area contributed by atoms with Crippen LogP contribution in [0.25, 0.3) is 0 Å². The van der Waals surface area contributed by atoms with Gasteiger partial charge in [-0.05, 0) is 18.8 Å². The monoisotopic (exact) mass is 258 g/mol. The molecule has 0 radical (unpaired) electrons. The van der Waals surface area contributed by atoms with Crippen molar-refractivity contribution in [3.8, 4) is 0 Å². The molecule has 0 aromatic rings. The Bertz CT molecular complexity index is 344. The maximum atomic E-state index is 11.6. The average Bonchev–Trinajstić information content (AvgIpc) is 2.62. The molecule has 0 aromatic carbocycles. The zero-order valence-corrected chi connectivity index (χ0v) is 10.2. The van der Waals surface area contributed by atoms with Crippen LogP contribution in [0, 0.1) is 5.92 Å². The van der Waals surface area contributed by atoms with E-state index >= 15 is 0 Å². The van der Waals surface area contributed by atoms with Crippen molar-refractivity contribution in [2.75, 3.05) is 0 Å². The molecule has 1 saturated carbocycles. The van der Waals surface area contributed by atoms with Crippen molar-refractivity contribution in [2.45, 2.75) is 44.7 Å². The maximum absolute atomic E-state index is 11.6. The molecule has 3 atom stereocenters. The van der Waals surface area contributed by atoms with Crippen molar-refractivity contribution in [1.29, 1.82) is 0 Å². The van der Waals surface area contributed by atoms with E-state index in [4.69, 9.17) is 10.2 Å². The van der Waals surface area contributed by atoms with Crippen LogP contribution >= 0.6 is 0 Å². The molecule has 0 bridgehead atoms. The summed E-state index contributed by atoms with van der Waals surface area (Å²) in [6.07, 6.45) is 2.29. The lowest BCUT2D eigenvalue weighted by molar-refractivity contribution is -0.145. The summed E-state index contributed by atoms with van der Waals surface area (Å²) in [7, 11) is 0. The summed E-state index contributed by atoms with van der Waals surface area (Å²) in [5.74, 6) is -2.26. The van der Waals surface area contributed by atoms with Crippen LogP contribution in [0.1, 0.15) is 32.6 Å². The van der Waals surface area contributed by atoms with Gasteiger partial charge in [-0.3, -0.25) is 4.79 Å². The molecular weight excluding hydrogens is 240 g/mol. The molecular formula is C11H18N2O5. The summed E-state index contributed by atoms with van der Waals surface area (Å²) in [5, 5.41) is 22.2. The number of amides is 2. The number of rotatable bonds is 5. The van der Waals surface area contributed by atoms with Crippen LogP contribution in [0.4, 0.5) is 4.79 Å². The van der Waals surface area contributed by atoms with Crippen molar-refractivity contribution in [1.82, 2.24) is 10.6 Å². The highest BCUT2D eigenvalue weighted by molar-refractivity contribution is 5.86. The first kappa shape index (κ1) is 14.3. The lowest BCUT2D eigenvalue weighted by Gasteiger charge is -2.19. The molecule has 7 heteroatoms. The lowest BCUT2D eigenvalue weighted by Crippen LogP contribution is -2.50. The van der Waals surface area contributed by atoms with Gasteiger partial charge in [0, 0.05) is 6.04 Å². The molecule has 1 aliphatic carbocycles. The molecule has 18 heavy (non-hydrogen) atoms. The zero-order valence-electron chi connectivity index (χ0n) is 10.2. The number of urea groups is 1. The van der Waals surface area contributed by atoms with Gasteiger partial charge in [0.1, 0.15) is 6.04 Å². The van der Waals surface area contributed by atoms with Crippen molar-refractivity contribution in [2.24, 2.45) is 5.92 Å². The van der Waals surface area contributed by atoms with Crippen molar-refractivity contribution >= 4 is 18.0 Å². The van der Waals surface area contributed by atoms with Gasteiger partial charge in [-0.1, -0.05) is 13.3 Å². The van der Waals surface area contributed by atoms with Crippen LogP contribution in [-0.4, -0.2) is 40.3 Å². The van der Waals surface area contributed by atoms with Crippen molar-refractivity contribution < 1.29 is 24.6 Å². The molecule has 0 aromatic heterocycles. The van der Waals surface area contributed by atoms with E-state index in [1.54, 1.807) is 0 Å². The van der Waals surface area contributed by atoms with Crippen LogP contribution < -0.4 is 10.6 Å². The first-order valence-electron chi connectivity index (χ1n) is 5.91. The van der Waals surface area contributed by atoms with E-state index in [2.05, 4.69) is 10.6 Å². The SMILES string of the molecule is CC1CCCC1NC(=O)N[C@@H](CC(=O)O)C(=O)O. The maximum Gasteiger partial charge on any atom is 0.326 e. The van der Waals surface area contributed by atoms with E-state index in [-0.39, 0.29) is 6.04 Å². The molecule has 102 valence electrons. The van der Waals surface area contributed by atoms with Gasteiger partial charge in [0.2, 0.25) is 0 Å². The smallest absolute Gasteiger partial charge is 0.326 e. The summed E-state index contributed by atoms with van der Waals surface area (Å²) >= 11 is 0. The Morgan fingerprint density at radius 3 is 2.39 bits per heavy atom. The lowest BCUT2D eigenvalue weighted by atomic mass is 10.1. The standard InChI is InChI=1S/C11H18N2O5/c1-6-3-2-4-7(6)12-11(18)13-8(10(16)17)5-9(14)15/h6-8H,2-5H2,1H3,(H,14,15)(H,16,17)(H2,12,13,18)/t6?,7?,8-/m0/s1. The summed E-state index contributed by atoms with van der Waals surface area (Å²) < 4.78 is 0. The third-order valence-electron chi connectivity index (χ3n) is 3.16. The molecule has 2 amide bonds. The highest BCUT2D eigenvalue weighted by atomic mass is 16.4. The van der Waals surface area contributed by atoms with E-state index < -0.39 is 30.4 Å². The van der Waals surface area contributed by atoms with E-state index in [1.807, 2.05) is 6.92 Å². The van der Waals surface area contributed by atoms with Crippen LogP contribution in [0.2, 0.25) is 0 Å². The van der Waals surface area contributed by atoms with Gasteiger partial charge in [0.25, 0.3) is 0 Å². The molecule has 0 heterocycles. The minimum absolute atomic E-state index is 0.0317. The molecule has 1 fully saturated rings. The second-order valence-electron chi connectivity index (χ2n) is 4.62. The van der Waals surface area contributed by atoms with Gasteiger partial charge < -0.3 is 20.8 Å². The molecule has 4 N–H and O–H groups in total. The fourth-order valence-corrected chi connectivity index (χ4v) is 2.10. The van der Waals surface area contributed by atoms with Gasteiger partial charge in [-0.2, -0.15) is 0 Å². The fourth-order valence-electron chi connectivity index (χ4n) is 2.10. The normalized spacial score (nSPS) is 24.3. The summed E-state index contributed by atoms with van der Waals surface area (Å²) in [4.78, 5) is 32.8. The largest absolute Gasteiger partial charge is 0.481 e. The number of hydrogen-bond acceptors (Lipinski definition) is 3. The minimum atomic E-state index is -1.40. The Morgan fingerprint density at radius 2 is 1.94 bits per heavy atom. The summed E-state index contributed by atoms with van der Waals surface area (Å²) in [5.41, 5.74) is 0. The number of nitrogens with one attached hydrogen (secondary N) is 2. The average molecular weight is 258 g/mol. The number of carbonyl (C=O) groups is 3. The topological polar surface area (TPSA) is 116 Å². The quantitative estimate of drug-likeness (QED) is 0.569. The Kier molecular flexibility index (Phi) is 4.94. The highest BCUT2D eigenvalue weighted by Crippen LogP contribution is 2.24. The predicted molar refractivity (Wildman–Crippen MR) is 62.1 cm³/mol. The minimum Gasteiger partial charge on any atom is -0.481 e. The Hall–Kier alpha value is -1.79. The third kappa shape index (κ3) is 4.23. The summed E-state index contributed by atoms with van der Waals surface area (Å²) in [6.45, 7) is 2.02. The number of aliphatic carboxylic acids is 2. The predicted octanol–water partition coefficient (Wildman–Crippen LogP) is 0.402. The van der Waals surface area contributed by atoms with Crippen molar-refractivity contribution in [3.63, 3.8) is 0 Å². The second-order valence-corrected chi connectivity index (χ2v) is 4.62. The zero-order chi connectivity index (χ0) is 13.7. The molecule has 1 aliphatic rings. The first-order chi connectivity index (χ1) is 8.40. The molecule has 7 nitrogen and oxygen atoms in total. The fraction of sp³-hybridized carbons (Fsp3) is 0.727. The van der Waals surface area contributed by atoms with Gasteiger partial charge in [-0.15, -0.1) is 0 Å². The molecule has 1 rings (SSSR count). The highest BCUT2D eigenvalue weighted by Gasteiger charge is 2.27.